The predicted molar refractivity (Wildman–Crippen MR) is 55.1 cm³/mol. The first-order chi connectivity index (χ1) is 6.51. The summed E-state index contributed by atoms with van der Waals surface area (Å²) in [5.74, 6) is 0.000340. The number of aliphatic hydroxyl groups excluding tert-OH is 1. The zero-order valence-electron chi connectivity index (χ0n) is 7.70. The first kappa shape index (κ1) is 11.5. The van der Waals surface area contributed by atoms with Gasteiger partial charge in [0, 0.05) is 5.02 Å². The van der Waals surface area contributed by atoms with Crippen LogP contribution in [0.1, 0.15) is 12.5 Å². The van der Waals surface area contributed by atoms with Crippen LogP contribution in [0, 0.1) is 0 Å². The third-order valence-corrected chi connectivity index (χ3v) is 3.96. The van der Waals surface area contributed by atoms with Gasteiger partial charge in [0.1, 0.15) is 0 Å². The summed E-state index contributed by atoms with van der Waals surface area (Å²) in [6.45, 7) is 1.25. The molecule has 0 aromatic heterocycles. The third-order valence-electron chi connectivity index (χ3n) is 1.91. The lowest BCUT2D eigenvalue weighted by Gasteiger charge is -2.07. The van der Waals surface area contributed by atoms with Crippen molar-refractivity contribution in [3.8, 4) is 0 Å². The average molecular weight is 235 g/mol. The minimum Gasteiger partial charge on any atom is -0.392 e. The molecule has 0 fully saturated rings. The molecule has 14 heavy (non-hydrogen) atoms. The van der Waals surface area contributed by atoms with E-state index in [-0.39, 0.29) is 17.3 Å². The van der Waals surface area contributed by atoms with E-state index in [1.165, 1.54) is 12.1 Å². The van der Waals surface area contributed by atoms with Crippen molar-refractivity contribution in [1.29, 1.82) is 0 Å². The molecule has 1 aromatic rings. The Morgan fingerprint density at radius 3 is 2.57 bits per heavy atom. The highest BCUT2D eigenvalue weighted by Gasteiger charge is 2.16. The lowest BCUT2D eigenvalue weighted by Crippen LogP contribution is -2.07. The van der Waals surface area contributed by atoms with E-state index in [0.29, 0.717) is 10.6 Å². The minimum absolute atomic E-state index is 0.000340. The molecule has 0 aliphatic heterocycles. The van der Waals surface area contributed by atoms with Gasteiger partial charge in [-0.3, -0.25) is 0 Å². The van der Waals surface area contributed by atoms with Gasteiger partial charge in [0.05, 0.1) is 17.3 Å². The van der Waals surface area contributed by atoms with Crippen LogP contribution >= 0.6 is 11.6 Å². The maximum atomic E-state index is 11.6. The smallest absolute Gasteiger partial charge is 0.178 e. The third kappa shape index (κ3) is 2.26. The van der Waals surface area contributed by atoms with E-state index < -0.39 is 9.84 Å². The van der Waals surface area contributed by atoms with E-state index in [1.54, 1.807) is 13.0 Å². The van der Waals surface area contributed by atoms with E-state index in [2.05, 4.69) is 0 Å². The Labute approximate surface area is 88.2 Å². The molecular weight excluding hydrogens is 224 g/mol. The van der Waals surface area contributed by atoms with Crippen molar-refractivity contribution < 1.29 is 13.5 Å². The van der Waals surface area contributed by atoms with Crippen LogP contribution in [0.5, 0.6) is 0 Å². The molecule has 0 unspecified atom stereocenters. The maximum absolute atomic E-state index is 11.6. The summed E-state index contributed by atoms with van der Waals surface area (Å²) < 4.78 is 23.1. The highest BCUT2D eigenvalue weighted by atomic mass is 35.5. The molecule has 0 aliphatic rings. The van der Waals surface area contributed by atoms with Crippen LogP contribution in [0.4, 0.5) is 0 Å². The summed E-state index contributed by atoms with van der Waals surface area (Å²) in [6.07, 6.45) is 0. The van der Waals surface area contributed by atoms with Crippen molar-refractivity contribution in [2.24, 2.45) is 0 Å². The van der Waals surface area contributed by atoms with Crippen LogP contribution < -0.4 is 0 Å². The van der Waals surface area contributed by atoms with Gasteiger partial charge >= 0.3 is 0 Å². The van der Waals surface area contributed by atoms with Crippen molar-refractivity contribution in [3.63, 3.8) is 0 Å². The van der Waals surface area contributed by atoms with Gasteiger partial charge in [-0.25, -0.2) is 8.42 Å². The molecule has 78 valence electrons. The first-order valence-electron chi connectivity index (χ1n) is 4.13. The Hall–Kier alpha value is -0.580. The fourth-order valence-corrected chi connectivity index (χ4v) is 2.49. The standard InChI is InChI=1S/C9H11ClO3S/c1-2-14(12,13)9-5-8(10)4-3-7(9)6-11/h3-5,11H,2,6H2,1H3. The summed E-state index contributed by atoms with van der Waals surface area (Å²) in [5, 5.41) is 9.32. The molecule has 5 heteroatoms. The summed E-state index contributed by atoms with van der Waals surface area (Å²) in [7, 11) is -3.31. The Morgan fingerprint density at radius 1 is 1.43 bits per heavy atom. The molecule has 0 saturated carbocycles. The number of halogens is 1. The summed E-state index contributed by atoms with van der Waals surface area (Å²) >= 11 is 5.69. The second kappa shape index (κ2) is 4.29. The zero-order valence-corrected chi connectivity index (χ0v) is 9.27. The maximum Gasteiger partial charge on any atom is 0.178 e. The SMILES string of the molecule is CCS(=O)(=O)c1cc(Cl)ccc1CO. The van der Waals surface area contributed by atoms with Crippen molar-refractivity contribution in [3.05, 3.63) is 28.8 Å². The van der Waals surface area contributed by atoms with E-state index in [1.807, 2.05) is 0 Å². The van der Waals surface area contributed by atoms with Gasteiger partial charge in [-0.2, -0.15) is 0 Å². The molecule has 1 aromatic carbocycles. The highest BCUT2D eigenvalue weighted by Crippen LogP contribution is 2.21. The van der Waals surface area contributed by atoms with Gasteiger partial charge in [-0.05, 0) is 17.7 Å². The molecule has 3 nitrogen and oxygen atoms in total. The van der Waals surface area contributed by atoms with Gasteiger partial charge < -0.3 is 5.11 Å². The zero-order chi connectivity index (χ0) is 10.8. The molecule has 0 spiro atoms. The molecule has 0 bridgehead atoms. The second-order valence-corrected chi connectivity index (χ2v) is 5.50. The lowest BCUT2D eigenvalue weighted by molar-refractivity contribution is 0.278. The summed E-state index contributed by atoms with van der Waals surface area (Å²) in [6, 6.07) is 4.44. The summed E-state index contributed by atoms with van der Waals surface area (Å²) in [4.78, 5) is 0.120. The second-order valence-electron chi connectivity index (χ2n) is 2.81. The monoisotopic (exact) mass is 234 g/mol. The molecule has 1 N–H and O–H groups in total. The van der Waals surface area contributed by atoms with Gasteiger partial charge in [0.15, 0.2) is 9.84 Å². The quantitative estimate of drug-likeness (QED) is 0.865. The highest BCUT2D eigenvalue weighted by molar-refractivity contribution is 7.91. The van der Waals surface area contributed by atoms with E-state index >= 15 is 0 Å². The number of benzene rings is 1. The Bertz CT molecular complexity index is 426. The van der Waals surface area contributed by atoms with Crippen molar-refractivity contribution in [1.82, 2.24) is 0 Å². The fourth-order valence-electron chi connectivity index (χ4n) is 1.10. The number of rotatable bonds is 3. The van der Waals surface area contributed by atoms with Crippen molar-refractivity contribution in [2.75, 3.05) is 5.75 Å². The van der Waals surface area contributed by atoms with Crippen LogP contribution in [0.3, 0.4) is 0 Å². The molecule has 0 saturated heterocycles. The Kier molecular flexibility index (Phi) is 3.53. The molecule has 0 amide bonds. The molecule has 0 atom stereocenters. The van der Waals surface area contributed by atoms with Gasteiger partial charge in [-0.1, -0.05) is 24.6 Å². The molecule has 1 rings (SSSR count). The number of hydrogen-bond donors (Lipinski definition) is 1. The van der Waals surface area contributed by atoms with Gasteiger partial charge in [0.2, 0.25) is 0 Å². The van der Waals surface area contributed by atoms with Gasteiger partial charge in [-0.15, -0.1) is 0 Å². The minimum atomic E-state index is -3.31. The Morgan fingerprint density at radius 2 is 2.07 bits per heavy atom. The predicted octanol–water partition coefficient (Wildman–Crippen LogP) is 1.63. The van der Waals surface area contributed by atoms with Gasteiger partial charge in [0.25, 0.3) is 0 Å². The Balaban J connectivity index is 3.39. The molecule has 0 aliphatic carbocycles. The number of aliphatic hydroxyl groups is 1. The fraction of sp³-hybridized carbons (Fsp3) is 0.333. The van der Waals surface area contributed by atoms with Crippen LogP contribution in [-0.4, -0.2) is 19.3 Å². The van der Waals surface area contributed by atoms with Crippen LogP contribution in [0.25, 0.3) is 0 Å². The summed E-state index contributed by atoms with van der Waals surface area (Å²) in [5.41, 5.74) is 0.385. The van der Waals surface area contributed by atoms with E-state index in [9.17, 15) is 8.42 Å². The normalized spacial score (nSPS) is 11.6. The lowest BCUT2D eigenvalue weighted by atomic mass is 10.2. The van der Waals surface area contributed by atoms with Crippen LogP contribution in [0.15, 0.2) is 23.1 Å². The number of sulfone groups is 1. The average Bonchev–Trinajstić information content (AvgIpc) is 2.18. The topological polar surface area (TPSA) is 54.4 Å². The van der Waals surface area contributed by atoms with Crippen molar-refractivity contribution in [2.45, 2.75) is 18.4 Å². The first-order valence-corrected chi connectivity index (χ1v) is 6.16. The molecule has 0 heterocycles. The van der Waals surface area contributed by atoms with Crippen molar-refractivity contribution >= 4 is 21.4 Å². The molecule has 0 radical (unpaired) electrons. The van der Waals surface area contributed by atoms with Crippen LogP contribution in [0.2, 0.25) is 5.02 Å². The van der Waals surface area contributed by atoms with E-state index in [0.717, 1.165) is 0 Å². The van der Waals surface area contributed by atoms with E-state index in [4.69, 9.17) is 16.7 Å². The molecular formula is C9H11ClO3S. The largest absolute Gasteiger partial charge is 0.392 e. The van der Waals surface area contributed by atoms with Crippen LogP contribution in [-0.2, 0) is 16.4 Å². The number of hydrogen-bond acceptors (Lipinski definition) is 3.